The number of carbonyl (C=O) groups is 1. The molecule has 0 radical (unpaired) electrons. The number of benzene rings is 1. The zero-order valence-corrected chi connectivity index (χ0v) is 13.6. The Morgan fingerprint density at radius 3 is 2.83 bits per heavy atom. The largest absolute Gasteiger partial charge is 0.396 e. The van der Waals surface area contributed by atoms with Crippen molar-refractivity contribution in [2.45, 2.75) is 31.7 Å². The summed E-state index contributed by atoms with van der Waals surface area (Å²) >= 11 is 6.18. The highest BCUT2D eigenvalue weighted by Gasteiger charge is 2.33. The maximum atomic E-state index is 12.7. The Bertz CT molecular complexity index is 682. The Hall–Kier alpha value is -1.85. The summed E-state index contributed by atoms with van der Waals surface area (Å²) in [5.74, 6) is 0.00347. The van der Waals surface area contributed by atoms with Crippen LogP contribution in [0.5, 0.6) is 0 Å². The molecule has 1 aliphatic rings. The lowest BCUT2D eigenvalue weighted by atomic mass is 10.2. The van der Waals surface area contributed by atoms with Gasteiger partial charge in [0.2, 0.25) is 0 Å². The van der Waals surface area contributed by atoms with Gasteiger partial charge in [-0.1, -0.05) is 23.7 Å². The summed E-state index contributed by atoms with van der Waals surface area (Å²) in [5.41, 5.74) is 1.33. The lowest BCUT2D eigenvalue weighted by Crippen LogP contribution is -2.34. The molecule has 1 N–H and O–H groups in total. The first-order valence-electron chi connectivity index (χ1n) is 7.92. The van der Waals surface area contributed by atoms with Crippen molar-refractivity contribution in [1.82, 2.24) is 14.7 Å². The van der Waals surface area contributed by atoms with Crippen LogP contribution in [0.25, 0.3) is 5.69 Å². The van der Waals surface area contributed by atoms with Crippen LogP contribution in [-0.4, -0.2) is 44.9 Å². The highest BCUT2D eigenvalue weighted by atomic mass is 35.5. The summed E-state index contributed by atoms with van der Waals surface area (Å²) < 4.78 is 1.63. The SMILES string of the molecule is O=C(c1cnn(-c2ccccc2Cl)c1)N(CCCCO)C1CC1. The second kappa shape index (κ2) is 7.15. The van der Waals surface area contributed by atoms with Crippen LogP contribution in [0.3, 0.4) is 0 Å². The third-order valence-corrected chi connectivity index (χ3v) is 4.30. The van der Waals surface area contributed by atoms with Gasteiger partial charge in [0, 0.05) is 25.4 Å². The Balaban J connectivity index is 1.76. The van der Waals surface area contributed by atoms with Crippen molar-refractivity contribution in [3.8, 4) is 5.69 Å². The number of halogens is 1. The highest BCUT2D eigenvalue weighted by Crippen LogP contribution is 2.29. The van der Waals surface area contributed by atoms with Crippen LogP contribution < -0.4 is 0 Å². The molecule has 0 unspecified atom stereocenters. The molecule has 0 aliphatic heterocycles. The number of unbranched alkanes of at least 4 members (excludes halogenated alkanes) is 1. The van der Waals surface area contributed by atoms with Crippen molar-refractivity contribution in [1.29, 1.82) is 0 Å². The summed E-state index contributed by atoms with van der Waals surface area (Å²) in [5, 5.41) is 13.8. The van der Waals surface area contributed by atoms with Gasteiger partial charge in [-0.25, -0.2) is 4.68 Å². The summed E-state index contributed by atoms with van der Waals surface area (Å²) in [4.78, 5) is 14.6. The summed E-state index contributed by atoms with van der Waals surface area (Å²) in [6, 6.07) is 7.74. The predicted molar refractivity (Wildman–Crippen MR) is 89.0 cm³/mol. The van der Waals surface area contributed by atoms with Crippen molar-refractivity contribution in [2.24, 2.45) is 0 Å². The third kappa shape index (κ3) is 3.74. The van der Waals surface area contributed by atoms with Crippen LogP contribution in [0, 0.1) is 0 Å². The summed E-state index contributed by atoms with van der Waals surface area (Å²) in [7, 11) is 0. The topological polar surface area (TPSA) is 58.4 Å². The molecule has 1 heterocycles. The minimum Gasteiger partial charge on any atom is -0.396 e. The molecule has 1 aromatic carbocycles. The lowest BCUT2D eigenvalue weighted by Gasteiger charge is -2.21. The van der Waals surface area contributed by atoms with Crippen molar-refractivity contribution in [3.05, 3.63) is 47.2 Å². The van der Waals surface area contributed by atoms with Gasteiger partial charge in [0.25, 0.3) is 5.91 Å². The molecule has 1 fully saturated rings. The van der Waals surface area contributed by atoms with Crippen LogP contribution in [0.15, 0.2) is 36.7 Å². The zero-order chi connectivity index (χ0) is 16.2. The predicted octanol–water partition coefficient (Wildman–Crippen LogP) is 2.90. The number of amides is 1. The second-order valence-electron chi connectivity index (χ2n) is 5.79. The second-order valence-corrected chi connectivity index (χ2v) is 6.19. The lowest BCUT2D eigenvalue weighted by molar-refractivity contribution is 0.0737. The number of hydrogen-bond donors (Lipinski definition) is 1. The molecule has 0 saturated heterocycles. The normalized spacial score (nSPS) is 14.0. The van der Waals surface area contributed by atoms with E-state index in [2.05, 4.69) is 5.10 Å². The number of aromatic nitrogens is 2. The van der Waals surface area contributed by atoms with Crippen molar-refractivity contribution < 1.29 is 9.90 Å². The first-order chi connectivity index (χ1) is 11.2. The van der Waals surface area contributed by atoms with Crippen LogP contribution in [0.1, 0.15) is 36.0 Å². The molecule has 122 valence electrons. The molecule has 23 heavy (non-hydrogen) atoms. The molecule has 0 bridgehead atoms. The van der Waals surface area contributed by atoms with Gasteiger partial charge >= 0.3 is 0 Å². The Morgan fingerprint density at radius 2 is 2.13 bits per heavy atom. The highest BCUT2D eigenvalue weighted by molar-refractivity contribution is 6.32. The van der Waals surface area contributed by atoms with E-state index in [-0.39, 0.29) is 12.5 Å². The molecular weight excluding hydrogens is 314 g/mol. The number of nitrogens with zero attached hydrogens (tertiary/aromatic N) is 3. The average Bonchev–Trinajstić information content (AvgIpc) is 3.28. The number of carbonyl (C=O) groups excluding carboxylic acids is 1. The molecule has 1 aromatic heterocycles. The van der Waals surface area contributed by atoms with Gasteiger partial charge in [-0.2, -0.15) is 5.10 Å². The van der Waals surface area contributed by atoms with Gasteiger partial charge in [-0.15, -0.1) is 0 Å². The average molecular weight is 334 g/mol. The number of aliphatic hydroxyl groups excluding tert-OH is 1. The van der Waals surface area contributed by atoms with Crippen molar-refractivity contribution >= 4 is 17.5 Å². The Morgan fingerprint density at radius 1 is 1.35 bits per heavy atom. The van der Waals surface area contributed by atoms with E-state index in [1.54, 1.807) is 23.1 Å². The first-order valence-corrected chi connectivity index (χ1v) is 8.30. The standard InChI is InChI=1S/C17H20ClN3O2/c18-15-5-1-2-6-16(15)21-12-13(11-19-21)17(23)20(14-7-8-14)9-3-4-10-22/h1-2,5-6,11-12,14,22H,3-4,7-10H2. The van der Waals surface area contributed by atoms with E-state index < -0.39 is 0 Å². The van der Waals surface area contributed by atoms with Crippen molar-refractivity contribution in [2.75, 3.05) is 13.2 Å². The van der Waals surface area contributed by atoms with Gasteiger partial charge in [0.1, 0.15) is 0 Å². The number of rotatable bonds is 7. The fourth-order valence-corrected chi connectivity index (χ4v) is 2.82. The fraction of sp³-hybridized carbons (Fsp3) is 0.412. The van der Waals surface area contributed by atoms with Gasteiger partial charge in [0.15, 0.2) is 0 Å². The van der Waals surface area contributed by atoms with E-state index in [0.717, 1.165) is 31.4 Å². The molecule has 1 saturated carbocycles. The molecular formula is C17H20ClN3O2. The van der Waals surface area contributed by atoms with Crippen molar-refractivity contribution in [3.63, 3.8) is 0 Å². The molecule has 3 rings (SSSR count). The van der Waals surface area contributed by atoms with E-state index in [1.165, 1.54) is 0 Å². The minimum absolute atomic E-state index is 0.00347. The fourth-order valence-electron chi connectivity index (χ4n) is 2.60. The molecule has 1 amide bonds. The first kappa shape index (κ1) is 16.0. The Labute approximate surface area is 140 Å². The molecule has 2 aromatic rings. The molecule has 5 nitrogen and oxygen atoms in total. The van der Waals surface area contributed by atoms with Crippen LogP contribution in [0.2, 0.25) is 5.02 Å². The van der Waals surface area contributed by atoms with Gasteiger partial charge in [0.05, 0.1) is 22.5 Å². The maximum absolute atomic E-state index is 12.7. The molecule has 0 spiro atoms. The monoisotopic (exact) mass is 333 g/mol. The molecule has 1 aliphatic carbocycles. The number of hydrogen-bond acceptors (Lipinski definition) is 3. The molecule has 0 atom stereocenters. The van der Waals surface area contributed by atoms with Gasteiger partial charge < -0.3 is 10.0 Å². The van der Waals surface area contributed by atoms with E-state index in [1.807, 2.05) is 23.1 Å². The van der Waals surface area contributed by atoms with Crippen LogP contribution in [0.4, 0.5) is 0 Å². The van der Waals surface area contributed by atoms with E-state index in [4.69, 9.17) is 16.7 Å². The summed E-state index contributed by atoms with van der Waals surface area (Å²) in [6.45, 7) is 0.846. The van der Waals surface area contributed by atoms with Crippen LogP contribution >= 0.6 is 11.6 Å². The molecule has 6 heteroatoms. The summed E-state index contributed by atoms with van der Waals surface area (Å²) in [6.07, 6.45) is 6.97. The third-order valence-electron chi connectivity index (χ3n) is 3.98. The van der Waals surface area contributed by atoms with Crippen LogP contribution in [-0.2, 0) is 0 Å². The quantitative estimate of drug-likeness (QED) is 0.793. The smallest absolute Gasteiger partial charge is 0.257 e. The number of aliphatic hydroxyl groups is 1. The van der Waals surface area contributed by atoms with Gasteiger partial charge in [-0.3, -0.25) is 4.79 Å². The Kier molecular flexibility index (Phi) is 4.98. The van der Waals surface area contributed by atoms with E-state index in [9.17, 15) is 4.79 Å². The van der Waals surface area contributed by atoms with E-state index in [0.29, 0.717) is 23.2 Å². The zero-order valence-electron chi connectivity index (χ0n) is 12.9. The maximum Gasteiger partial charge on any atom is 0.257 e. The minimum atomic E-state index is 0.00347. The van der Waals surface area contributed by atoms with E-state index >= 15 is 0 Å². The number of para-hydroxylation sites is 1. The van der Waals surface area contributed by atoms with Gasteiger partial charge in [-0.05, 0) is 37.8 Å².